The molecule has 2 heterocycles. The zero-order chi connectivity index (χ0) is 12.4. The Kier molecular flexibility index (Phi) is 3.57. The molecule has 1 aromatic heterocycles. The number of benzene rings is 1. The summed E-state index contributed by atoms with van der Waals surface area (Å²) in [6.07, 6.45) is 0.989. The average Bonchev–Trinajstić information content (AvgIpc) is 2.91. The van der Waals surface area contributed by atoms with E-state index >= 15 is 0 Å². The molecule has 2 aromatic rings. The molecule has 1 aromatic carbocycles. The molecule has 0 bridgehead atoms. The molecule has 1 unspecified atom stereocenters. The first-order valence-corrected chi connectivity index (χ1v) is 7.73. The van der Waals surface area contributed by atoms with Crippen molar-refractivity contribution in [2.24, 2.45) is 0 Å². The third-order valence-electron chi connectivity index (χ3n) is 2.92. The van der Waals surface area contributed by atoms with E-state index in [1.54, 1.807) is 11.3 Å². The SMILES string of the molecule is BrC(Cc1ccsc1)c1ccc2c(c1)OCCO2. The lowest BCUT2D eigenvalue weighted by Crippen LogP contribution is -2.15. The maximum absolute atomic E-state index is 5.61. The lowest BCUT2D eigenvalue weighted by Gasteiger charge is -2.20. The number of fused-ring (bicyclic) bond motifs is 1. The molecule has 0 amide bonds. The van der Waals surface area contributed by atoms with Gasteiger partial charge in [-0.2, -0.15) is 11.3 Å². The van der Waals surface area contributed by atoms with Crippen LogP contribution in [0.1, 0.15) is 16.0 Å². The van der Waals surface area contributed by atoms with Gasteiger partial charge in [0, 0.05) is 4.83 Å². The van der Waals surface area contributed by atoms with Crippen LogP contribution >= 0.6 is 27.3 Å². The van der Waals surface area contributed by atoms with Crippen molar-refractivity contribution in [1.29, 1.82) is 0 Å². The molecule has 1 aliphatic heterocycles. The van der Waals surface area contributed by atoms with E-state index in [0.29, 0.717) is 18.0 Å². The molecule has 18 heavy (non-hydrogen) atoms. The normalized spacial score (nSPS) is 15.4. The highest BCUT2D eigenvalue weighted by Crippen LogP contribution is 2.36. The predicted molar refractivity (Wildman–Crippen MR) is 77.1 cm³/mol. The van der Waals surface area contributed by atoms with Gasteiger partial charge in [0.05, 0.1) is 0 Å². The Bertz CT molecular complexity index is 525. The van der Waals surface area contributed by atoms with E-state index in [0.717, 1.165) is 17.9 Å². The number of halogens is 1. The van der Waals surface area contributed by atoms with Crippen LogP contribution in [0.25, 0.3) is 0 Å². The summed E-state index contributed by atoms with van der Waals surface area (Å²) in [7, 11) is 0. The van der Waals surface area contributed by atoms with Crippen molar-refractivity contribution in [2.75, 3.05) is 13.2 Å². The van der Waals surface area contributed by atoms with Gasteiger partial charge < -0.3 is 9.47 Å². The van der Waals surface area contributed by atoms with Gasteiger partial charge >= 0.3 is 0 Å². The van der Waals surface area contributed by atoms with Crippen molar-refractivity contribution >= 4 is 27.3 Å². The fourth-order valence-electron chi connectivity index (χ4n) is 1.99. The highest BCUT2D eigenvalue weighted by atomic mass is 79.9. The summed E-state index contributed by atoms with van der Waals surface area (Å²) < 4.78 is 11.1. The van der Waals surface area contributed by atoms with Crippen molar-refractivity contribution in [3.05, 3.63) is 46.2 Å². The number of ether oxygens (including phenoxy) is 2. The van der Waals surface area contributed by atoms with Crippen LogP contribution in [0, 0.1) is 0 Å². The fraction of sp³-hybridized carbons (Fsp3) is 0.286. The smallest absolute Gasteiger partial charge is 0.161 e. The van der Waals surface area contributed by atoms with Crippen molar-refractivity contribution in [3.8, 4) is 11.5 Å². The minimum absolute atomic E-state index is 0.308. The monoisotopic (exact) mass is 324 g/mol. The average molecular weight is 325 g/mol. The van der Waals surface area contributed by atoms with Crippen molar-refractivity contribution < 1.29 is 9.47 Å². The molecule has 0 saturated carbocycles. The zero-order valence-electron chi connectivity index (χ0n) is 9.77. The van der Waals surface area contributed by atoms with Crippen LogP contribution in [-0.4, -0.2) is 13.2 Å². The van der Waals surface area contributed by atoms with Gasteiger partial charge in [-0.05, 0) is 46.5 Å². The molecular weight excluding hydrogens is 312 g/mol. The standard InChI is InChI=1S/C14H13BrO2S/c15-12(7-10-3-6-18-9-10)11-1-2-13-14(8-11)17-5-4-16-13/h1-3,6,8-9,12H,4-5,7H2. The Morgan fingerprint density at radius 3 is 2.78 bits per heavy atom. The Morgan fingerprint density at radius 1 is 1.17 bits per heavy atom. The fourth-order valence-corrected chi connectivity index (χ4v) is 3.33. The summed E-state index contributed by atoms with van der Waals surface area (Å²) >= 11 is 5.48. The van der Waals surface area contributed by atoms with Gasteiger partial charge in [0.15, 0.2) is 11.5 Å². The minimum atomic E-state index is 0.308. The highest BCUT2D eigenvalue weighted by Gasteiger charge is 2.15. The van der Waals surface area contributed by atoms with E-state index in [4.69, 9.17) is 9.47 Å². The van der Waals surface area contributed by atoms with Crippen molar-refractivity contribution in [1.82, 2.24) is 0 Å². The van der Waals surface area contributed by atoms with Crippen LogP contribution in [0.5, 0.6) is 11.5 Å². The first-order chi connectivity index (χ1) is 8.83. The lowest BCUT2D eigenvalue weighted by atomic mass is 10.1. The van der Waals surface area contributed by atoms with Crippen LogP contribution < -0.4 is 9.47 Å². The van der Waals surface area contributed by atoms with Crippen LogP contribution in [0.2, 0.25) is 0 Å². The van der Waals surface area contributed by atoms with Crippen LogP contribution in [-0.2, 0) is 6.42 Å². The summed E-state index contributed by atoms with van der Waals surface area (Å²) in [6.45, 7) is 1.27. The molecular formula is C14H13BrO2S. The zero-order valence-corrected chi connectivity index (χ0v) is 12.2. The number of hydrogen-bond acceptors (Lipinski definition) is 3. The first kappa shape index (κ1) is 12.1. The molecule has 0 N–H and O–H groups in total. The molecule has 0 radical (unpaired) electrons. The summed E-state index contributed by atoms with van der Waals surface area (Å²) in [5.41, 5.74) is 2.59. The molecule has 4 heteroatoms. The topological polar surface area (TPSA) is 18.5 Å². The van der Waals surface area contributed by atoms with Gasteiger partial charge in [0.25, 0.3) is 0 Å². The molecule has 0 saturated heterocycles. The molecule has 0 aliphatic carbocycles. The van der Waals surface area contributed by atoms with E-state index < -0.39 is 0 Å². The number of hydrogen-bond donors (Lipinski definition) is 0. The lowest BCUT2D eigenvalue weighted by molar-refractivity contribution is 0.171. The van der Waals surface area contributed by atoms with E-state index in [-0.39, 0.29) is 0 Å². The summed E-state index contributed by atoms with van der Waals surface area (Å²) in [4.78, 5) is 0.308. The highest BCUT2D eigenvalue weighted by molar-refractivity contribution is 9.09. The quantitative estimate of drug-likeness (QED) is 0.788. The molecule has 2 nitrogen and oxygen atoms in total. The van der Waals surface area contributed by atoms with Crippen LogP contribution in [0.4, 0.5) is 0 Å². The second-order valence-corrected chi connectivity index (χ2v) is 6.09. The third-order valence-corrected chi connectivity index (χ3v) is 4.51. The van der Waals surface area contributed by atoms with Gasteiger partial charge in [-0.25, -0.2) is 0 Å². The Hall–Kier alpha value is -1.00. The van der Waals surface area contributed by atoms with Gasteiger partial charge in [0.1, 0.15) is 13.2 Å². The predicted octanol–water partition coefficient (Wildman–Crippen LogP) is 4.20. The molecule has 94 valence electrons. The van der Waals surface area contributed by atoms with Gasteiger partial charge in [-0.15, -0.1) is 0 Å². The first-order valence-electron chi connectivity index (χ1n) is 5.87. The van der Waals surface area contributed by atoms with E-state index in [2.05, 4.69) is 44.9 Å². The summed E-state index contributed by atoms with van der Waals surface area (Å²) in [5.74, 6) is 1.70. The Labute approximate surface area is 119 Å². The molecule has 3 rings (SSSR count). The maximum atomic E-state index is 5.61. The number of thiophene rings is 1. The van der Waals surface area contributed by atoms with Crippen LogP contribution in [0.15, 0.2) is 35.0 Å². The summed E-state index contributed by atoms with van der Waals surface area (Å²) in [5, 5.41) is 4.30. The number of alkyl halides is 1. The van der Waals surface area contributed by atoms with E-state index in [9.17, 15) is 0 Å². The Balaban J connectivity index is 1.79. The summed E-state index contributed by atoms with van der Waals surface area (Å²) in [6, 6.07) is 8.32. The van der Waals surface area contributed by atoms with Gasteiger partial charge in [0.2, 0.25) is 0 Å². The van der Waals surface area contributed by atoms with E-state index in [1.165, 1.54) is 11.1 Å². The van der Waals surface area contributed by atoms with Crippen LogP contribution in [0.3, 0.4) is 0 Å². The van der Waals surface area contributed by atoms with Gasteiger partial charge in [-0.1, -0.05) is 22.0 Å². The van der Waals surface area contributed by atoms with Crippen molar-refractivity contribution in [3.63, 3.8) is 0 Å². The number of rotatable bonds is 3. The van der Waals surface area contributed by atoms with Crippen molar-refractivity contribution in [2.45, 2.75) is 11.2 Å². The second-order valence-electron chi connectivity index (χ2n) is 4.21. The maximum Gasteiger partial charge on any atom is 0.161 e. The molecule has 0 spiro atoms. The largest absolute Gasteiger partial charge is 0.486 e. The van der Waals surface area contributed by atoms with E-state index in [1.807, 2.05) is 6.07 Å². The molecule has 1 atom stereocenters. The Morgan fingerprint density at radius 2 is 2.00 bits per heavy atom. The minimum Gasteiger partial charge on any atom is -0.486 e. The second kappa shape index (κ2) is 5.33. The molecule has 0 fully saturated rings. The third kappa shape index (κ3) is 2.54. The molecule has 1 aliphatic rings. The van der Waals surface area contributed by atoms with Gasteiger partial charge in [-0.3, -0.25) is 0 Å².